The van der Waals surface area contributed by atoms with Crippen LogP contribution in [0.2, 0.25) is 0 Å². The smallest absolute Gasteiger partial charge is 0.237 e. The van der Waals surface area contributed by atoms with Crippen LogP contribution < -0.4 is 5.32 Å². The van der Waals surface area contributed by atoms with Gasteiger partial charge in [0.05, 0.1) is 10.1 Å². The number of nitrogens with zero attached hydrogens (tertiary/aromatic N) is 3. The Bertz CT molecular complexity index is 902. The van der Waals surface area contributed by atoms with Crippen molar-refractivity contribution in [3.63, 3.8) is 0 Å². The summed E-state index contributed by atoms with van der Waals surface area (Å²) >= 11 is 3.07. The molecule has 3 aromatic rings. The summed E-state index contributed by atoms with van der Waals surface area (Å²) in [6.45, 7) is 8.75. The summed E-state index contributed by atoms with van der Waals surface area (Å²) in [7, 11) is 0. The predicted molar refractivity (Wildman–Crippen MR) is 109 cm³/mol. The average Bonchev–Trinajstić information content (AvgIpc) is 3.26. The minimum Gasteiger partial charge on any atom is -0.325 e. The third-order valence-corrected chi connectivity index (χ3v) is 6.01. The molecule has 0 aliphatic rings. The highest BCUT2D eigenvalue weighted by Crippen LogP contribution is 2.29. The van der Waals surface area contributed by atoms with Crippen molar-refractivity contribution in [3.8, 4) is 10.7 Å². The first-order valence-corrected chi connectivity index (χ1v) is 10.3. The molecule has 7 heteroatoms. The highest BCUT2D eigenvalue weighted by molar-refractivity contribution is 8.00. The Hall–Kier alpha value is -2.12. The molecule has 0 unspecified atom stereocenters. The van der Waals surface area contributed by atoms with Crippen LogP contribution in [-0.2, 0) is 11.3 Å². The lowest BCUT2D eigenvalue weighted by Crippen LogP contribution is -2.23. The van der Waals surface area contributed by atoms with Gasteiger partial charge in [-0.05, 0) is 50.8 Å². The van der Waals surface area contributed by atoms with Gasteiger partial charge in [-0.15, -0.1) is 21.5 Å². The van der Waals surface area contributed by atoms with E-state index in [9.17, 15) is 4.79 Å². The summed E-state index contributed by atoms with van der Waals surface area (Å²) in [5, 5.41) is 14.1. The van der Waals surface area contributed by atoms with E-state index in [1.807, 2.05) is 50.4 Å². The molecule has 2 heterocycles. The van der Waals surface area contributed by atoms with Crippen LogP contribution in [0.15, 0.2) is 40.9 Å². The lowest BCUT2D eigenvalue weighted by atomic mass is 10.1. The van der Waals surface area contributed by atoms with Crippen molar-refractivity contribution in [1.29, 1.82) is 0 Å². The maximum Gasteiger partial charge on any atom is 0.237 e. The largest absolute Gasteiger partial charge is 0.325 e. The molecule has 0 saturated heterocycles. The normalized spacial score (nSPS) is 12.2. The monoisotopic (exact) mass is 386 g/mol. The van der Waals surface area contributed by atoms with E-state index in [1.54, 1.807) is 11.3 Å². The Kier molecular flexibility index (Phi) is 5.78. The number of thioether (sulfide) groups is 1. The summed E-state index contributed by atoms with van der Waals surface area (Å²) in [6.07, 6.45) is 0. The van der Waals surface area contributed by atoms with Crippen molar-refractivity contribution in [2.45, 2.75) is 44.6 Å². The van der Waals surface area contributed by atoms with E-state index < -0.39 is 0 Å². The quantitative estimate of drug-likeness (QED) is 0.620. The Morgan fingerprint density at radius 3 is 2.77 bits per heavy atom. The molecule has 2 aromatic heterocycles. The van der Waals surface area contributed by atoms with Gasteiger partial charge >= 0.3 is 0 Å². The van der Waals surface area contributed by atoms with Gasteiger partial charge in [-0.3, -0.25) is 4.79 Å². The highest BCUT2D eigenvalue weighted by atomic mass is 32.2. The van der Waals surface area contributed by atoms with Crippen LogP contribution in [0.25, 0.3) is 10.7 Å². The predicted octanol–water partition coefficient (Wildman–Crippen LogP) is 4.76. The Labute approximate surface area is 161 Å². The summed E-state index contributed by atoms with van der Waals surface area (Å²) in [6, 6.07) is 10.0. The van der Waals surface area contributed by atoms with Gasteiger partial charge in [-0.25, -0.2) is 0 Å². The van der Waals surface area contributed by atoms with Crippen LogP contribution in [0.5, 0.6) is 0 Å². The second-order valence-corrected chi connectivity index (χ2v) is 8.35. The van der Waals surface area contributed by atoms with E-state index >= 15 is 0 Å². The second kappa shape index (κ2) is 8.05. The van der Waals surface area contributed by atoms with Gasteiger partial charge in [0.25, 0.3) is 0 Å². The third-order valence-electron chi connectivity index (χ3n) is 4.07. The topological polar surface area (TPSA) is 59.8 Å². The first-order valence-electron chi connectivity index (χ1n) is 8.51. The first-order chi connectivity index (χ1) is 12.5. The number of aryl methyl sites for hydroxylation is 2. The molecule has 1 amide bonds. The standard InChI is InChI=1S/C19H22N4OS2/c1-5-23-17(16-7-6-10-25-16)21-22-19(23)26-14(4)18(24)20-15-9-8-12(2)11-13(15)3/h6-11,14H,5H2,1-4H3,(H,20,24)/t14-/m1/s1. The first kappa shape index (κ1) is 18.7. The van der Waals surface area contributed by atoms with Crippen LogP contribution >= 0.6 is 23.1 Å². The molecule has 26 heavy (non-hydrogen) atoms. The number of amides is 1. The van der Waals surface area contributed by atoms with E-state index in [0.717, 1.165) is 33.7 Å². The lowest BCUT2D eigenvalue weighted by Gasteiger charge is -2.14. The number of hydrogen-bond donors (Lipinski definition) is 1. The van der Waals surface area contributed by atoms with Crippen LogP contribution in [0, 0.1) is 13.8 Å². The number of anilines is 1. The fourth-order valence-corrected chi connectivity index (χ4v) is 4.28. The van der Waals surface area contributed by atoms with E-state index in [0.29, 0.717) is 0 Å². The van der Waals surface area contributed by atoms with Crippen LogP contribution in [-0.4, -0.2) is 25.9 Å². The molecule has 136 valence electrons. The summed E-state index contributed by atoms with van der Waals surface area (Å²) in [5.41, 5.74) is 3.09. The molecule has 0 aliphatic heterocycles. The molecule has 1 N–H and O–H groups in total. The van der Waals surface area contributed by atoms with E-state index in [1.165, 1.54) is 17.3 Å². The van der Waals surface area contributed by atoms with Gasteiger partial charge in [-0.1, -0.05) is 35.5 Å². The maximum atomic E-state index is 12.6. The zero-order valence-electron chi connectivity index (χ0n) is 15.3. The molecule has 0 spiro atoms. The van der Waals surface area contributed by atoms with Crippen molar-refractivity contribution in [1.82, 2.24) is 14.8 Å². The van der Waals surface area contributed by atoms with Crippen molar-refractivity contribution in [2.24, 2.45) is 0 Å². The molecule has 5 nitrogen and oxygen atoms in total. The number of thiophene rings is 1. The number of carbonyl (C=O) groups excluding carboxylic acids is 1. The van der Waals surface area contributed by atoms with E-state index in [-0.39, 0.29) is 11.2 Å². The second-order valence-electron chi connectivity index (χ2n) is 6.10. The maximum absolute atomic E-state index is 12.6. The summed E-state index contributed by atoms with van der Waals surface area (Å²) < 4.78 is 2.05. The van der Waals surface area contributed by atoms with Gasteiger partial charge in [-0.2, -0.15) is 0 Å². The van der Waals surface area contributed by atoms with Crippen molar-refractivity contribution < 1.29 is 4.79 Å². The van der Waals surface area contributed by atoms with Crippen molar-refractivity contribution >= 4 is 34.7 Å². The summed E-state index contributed by atoms with van der Waals surface area (Å²) in [5.74, 6) is 0.817. The molecule has 0 fully saturated rings. The number of hydrogen-bond acceptors (Lipinski definition) is 5. The minimum atomic E-state index is -0.276. The summed E-state index contributed by atoms with van der Waals surface area (Å²) in [4.78, 5) is 13.7. The molecule has 0 bridgehead atoms. The molecule has 0 aliphatic carbocycles. The van der Waals surface area contributed by atoms with Gasteiger partial charge in [0.2, 0.25) is 5.91 Å². The molecular weight excluding hydrogens is 364 g/mol. The molecular formula is C19H22N4OS2. The molecule has 1 atom stereocenters. The molecule has 3 rings (SSSR count). The fraction of sp³-hybridized carbons (Fsp3) is 0.316. The average molecular weight is 387 g/mol. The van der Waals surface area contributed by atoms with Crippen molar-refractivity contribution in [2.75, 3.05) is 5.32 Å². The number of rotatable bonds is 6. The number of carbonyl (C=O) groups is 1. The van der Waals surface area contributed by atoms with Gasteiger partial charge < -0.3 is 9.88 Å². The Balaban J connectivity index is 1.73. The Morgan fingerprint density at radius 1 is 1.31 bits per heavy atom. The molecule has 0 saturated carbocycles. The molecule has 1 aromatic carbocycles. The zero-order valence-corrected chi connectivity index (χ0v) is 16.9. The van der Waals surface area contributed by atoms with Crippen molar-refractivity contribution in [3.05, 3.63) is 46.8 Å². The van der Waals surface area contributed by atoms with E-state index in [4.69, 9.17) is 0 Å². The van der Waals surface area contributed by atoms with Crippen LogP contribution in [0.4, 0.5) is 5.69 Å². The minimum absolute atomic E-state index is 0.0368. The SMILES string of the molecule is CCn1c(S[C@H](C)C(=O)Nc2ccc(C)cc2C)nnc1-c1cccs1. The number of aromatic nitrogens is 3. The van der Waals surface area contributed by atoms with Gasteiger partial charge in [0.15, 0.2) is 11.0 Å². The number of benzene rings is 1. The fourth-order valence-electron chi connectivity index (χ4n) is 2.65. The highest BCUT2D eigenvalue weighted by Gasteiger charge is 2.21. The van der Waals surface area contributed by atoms with Crippen LogP contribution in [0.3, 0.4) is 0 Å². The zero-order chi connectivity index (χ0) is 18.7. The lowest BCUT2D eigenvalue weighted by molar-refractivity contribution is -0.115. The van der Waals surface area contributed by atoms with Gasteiger partial charge in [0, 0.05) is 12.2 Å². The molecule has 0 radical (unpaired) electrons. The van der Waals surface area contributed by atoms with Crippen LogP contribution in [0.1, 0.15) is 25.0 Å². The van der Waals surface area contributed by atoms with Gasteiger partial charge in [0.1, 0.15) is 0 Å². The number of nitrogens with one attached hydrogen (secondary N) is 1. The third kappa shape index (κ3) is 3.99. The van der Waals surface area contributed by atoms with E-state index in [2.05, 4.69) is 33.1 Å². The Morgan fingerprint density at radius 2 is 2.12 bits per heavy atom.